The molecule has 2 atom stereocenters. The molecule has 2 rings (SSSR count). The first-order valence-corrected chi connectivity index (χ1v) is 6.60. The van der Waals surface area contributed by atoms with Gasteiger partial charge in [0.1, 0.15) is 23.0 Å². The lowest BCUT2D eigenvalue weighted by molar-refractivity contribution is -0.0374. The highest BCUT2D eigenvalue weighted by atomic mass is 35.5. The van der Waals surface area contributed by atoms with E-state index in [1.54, 1.807) is 6.92 Å². The van der Waals surface area contributed by atoms with Crippen LogP contribution in [-0.2, 0) is 4.74 Å². The van der Waals surface area contributed by atoms with Crippen LogP contribution >= 0.6 is 11.6 Å². The van der Waals surface area contributed by atoms with Gasteiger partial charge in [-0.2, -0.15) is 0 Å². The SMILES string of the molecule is CC1COC(CCl)CN1C(=O)c1c(F)cc(F)cc1F. The zero-order valence-corrected chi connectivity index (χ0v) is 11.5. The number of carbonyl (C=O) groups is 1. The summed E-state index contributed by atoms with van der Waals surface area (Å²) in [7, 11) is 0. The summed E-state index contributed by atoms with van der Waals surface area (Å²) in [5.41, 5.74) is -0.756. The van der Waals surface area contributed by atoms with Crippen molar-refractivity contribution in [2.75, 3.05) is 19.0 Å². The van der Waals surface area contributed by atoms with Gasteiger partial charge < -0.3 is 9.64 Å². The summed E-state index contributed by atoms with van der Waals surface area (Å²) in [4.78, 5) is 13.5. The maximum absolute atomic E-state index is 13.6. The summed E-state index contributed by atoms with van der Waals surface area (Å²) in [6.07, 6.45) is -0.386. The Bertz CT molecular complexity index is 503. The van der Waals surface area contributed by atoms with E-state index in [4.69, 9.17) is 16.3 Å². The summed E-state index contributed by atoms with van der Waals surface area (Å²) in [6, 6.07) is 0.631. The molecule has 1 aromatic rings. The Labute approximate surface area is 119 Å². The Balaban J connectivity index is 2.30. The van der Waals surface area contributed by atoms with Crippen molar-refractivity contribution >= 4 is 17.5 Å². The van der Waals surface area contributed by atoms with E-state index in [1.807, 2.05) is 0 Å². The molecule has 3 nitrogen and oxygen atoms in total. The Kier molecular flexibility index (Phi) is 4.55. The molecule has 1 saturated heterocycles. The van der Waals surface area contributed by atoms with Gasteiger partial charge in [-0.1, -0.05) is 0 Å². The highest BCUT2D eigenvalue weighted by Gasteiger charge is 2.32. The van der Waals surface area contributed by atoms with E-state index in [2.05, 4.69) is 0 Å². The molecular formula is C13H13ClF3NO2. The second-order valence-electron chi connectivity index (χ2n) is 4.66. The van der Waals surface area contributed by atoms with Crippen molar-refractivity contribution in [2.24, 2.45) is 0 Å². The van der Waals surface area contributed by atoms with E-state index in [0.717, 1.165) is 0 Å². The number of amides is 1. The van der Waals surface area contributed by atoms with E-state index in [-0.39, 0.29) is 31.2 Å². The molecule has 2 unspecified atom stereocenters. The van der Waals surface area contributed by atoms with Gasteiger partial charge in [0.2, 0.25) is 0 Å². The summed E-state index contributed by atoms with van der Waals surface area (Å²) >= 11 is 5.67. The lowest BCUT2D eigenvalue weighted by Gasteiger charge is -2.37. The van der Waals surface area contributed by atoms with Gasteiger partial charge in [-0.3, -0.25) is 4.79 Å². The van der Waals surface area contributed by atoms with Gasteiger partial charge in [-0.15, -0.1) is 11.6 Å². The van der Waals surface area contributed by atoms with E-state index >= 15 is 0 Å². The fourth-order valence-corrected chi connectivity index (χ4v) is 2.27. The normalized spacial score (nSPS) is 22.9. The van der Waals surface area contributed by atoms with Crippen LogP contribution in [0.4, 0.5) is 13.2 Å². The second-order valence-corrected chi connectivity index (χ2v) is 4.97. The van der Waals surface area contributed by atoms with Crippen molar-refractivity contribution in [1.82, 2.24) is 4.90 Å². The quantitative estimate of drug-likeness (QED) is 0.786. The van der Waals surface area contributed by atoms with Gasteiger partial charge in [0.05, 0.1) is 24.6 Å². The number of halogens is 4. The third kappa shape index (κ3) is 2.91. The number of alkyl halides is 1. The number of ether oxygens (including phenoxy) is 1. The Morgan fingerprint density at radius 2 is 2.00 bits per heavy atom. The molecule has 0 aliphatic carbocycles. The molecule has 0 aromatic heterocycles. The third-order valence-electron chi connectivity index (χ3n) is 3.16. The minimum absolute atomic E-state index is 0.139. The van der Waals surface area contributed by atoms with E-state index in [9.17, 15) is 18.0 Å². The number of hydrogen-bond donors (Lipinski definition) is 0. The first-order chi connectivity index (χ1) is 9.43. The van der Waals surface area contributed by atoms with Crippen molar-refractivity contribution in [3.05, 3.63) is 35.1 Å². The fraction of sp³-hybridized carbons (Fsp3) is 0.462. The molecule has 0 spiro atoms. The van der Waals surface area contributed by atoms with Gasteiger partial charge in [0.15, 0.2) is 0 Å². The molecule has 0 N–H and O–H groups in total. The van der Waals surface area contributed by atoms with E-state index < -0.39 is 28.9 Å². The van der Waals surface area contributed by atoms with Crippen LogP contribution < -0.4 is 0 Å². The highest BCUT2D eigenvalue weighted by Crippen LogP contribution is 2.21. The number of benzene rings is 1. The molecule has 1 fully saturated rings. The Morgan fingerprint density at radius 1 is 1.40 bits per heavy atom. The molecule has 0 radical (unpaired) electrons. The van der Waals surface area contributed by atoms with Crippen LogP contribution in [0.1, 0.15) is 17.3 Å². The molecule has 1 amide bonds. The van der Waals surface area contributed by atoms with Crippen molar-refractivity contribution < 1.29 is 22.7 Å². The molecule has 110 valence electrons. The monoisotopic (exact) mass is 307 g/mol. The molecule has 1 heterocycles. The minimum atomic E-state index is -1.21. The van der Waals surface area contributed by atoms with E-state index in [0.29, 0.717) is 12.1 Å². The van der Waals surface area contributed by atoms with Crippen molar-refractivity contribution in [3.63, 3.8) is 0 Å². The summed E-state index contributed by atoms with van der Waals surface area (Å²) in [5.74, 6) is -4.15. The van der Waals surface area contributed by atoms with Crippen LogP contribution in [0.15, 0.2) is 12.1 Å². The molecular weight excluding hydrogens is 295 g/mol. The average molecular weight is 308 g/mol. The van der Waals surface area contributed by atoms with Crippen LogP contribution in [0, 0.1) is 17.5 Å². The molecule has 20 heavy (non-hydrogen) atoms. The maximum atomic E-state index is 13.6. The van der Waals surface area contributed by atoms with Crippen LogP contribution in [0.2, 0.25) is 0 Å². The van der Waals surface area contributed by atoms with Gasteiger partial charge in [-0.05, 0) is 6.92 Å². The predicted molar refractivity (Wildman–Crippen MR) is 67.3 cm³/mol. The van der Waals surface area contributed by atoms with Crippen molar-refractivity contribution in [3.8, 4) is 0 Å². The van der Waals surface area contributed by atoms with Gasteiger partial charge in [0.25, 0.3) is 5.91 Å². The van der Waals surface area contributed by atoms with Gasteiger partial charge in [-0.25, -0.2) is 13.2 Å². The summed E-state index contributed by atoms with van der Waals surface area (Å²) in [5, 5.41) is 0. The van der Waals surface area contributed by atoms with Crippen molar-refractivity contribution in [1.29, 1.82) is 0 Å². The zero-order chi connectivity index (χ0) is 14.9. The number of rotatable bonds is 2. The van der Waals surface area contributed by atoms with Crippen LogP contribution in [0.5, 0.6) is 0 Å². The first-order valence-electron chi connectivity index (χ1n) is 6.07. The van der Waals surface area contributed by atoms with Crippen molar-refractivity contribution in [2.45, 2.75) is 19.1 Å². The number of nitrogens with zero attached hydrogens (tertiary/aromatic N) is 1. The zero-order valence-electron chi connectivity index (χ0n) is 10.7. The number of morpholine rings is 1. The Morgan fingerprint density at radius 3 is 2.55 bits per heavy atom. The maximum Gasteiger partial charge on any atom is 0.260 e. The fourth-order valence-electron chi connectivity index (χ4n) is 2.08. The molecule has 1 aliphatic rings. The van der Waals surface area contributed by atoms with Crippen LogP contribution in [-0.4, -0.2) is 42.0 Å². The number of hydrogen-bond acceptors (Lipinski definition) is 2. The smallest absolute Gasteiger partial charge is 0.260 e. The summed E-state index contributed by atoms with van der Waals surface area (Å²) < 4.78 is 45.5. The lowest BCUT2D eigenvalue weighted by Crippen LogP contribution is -2.51. The topological polar surface area (TPSA) is 29.5 Å². The van der Waals surface area contributed by atoms with Crippen LogP contribution in [0.3, 0.4) is 0 Å². The standard InChI is InChI=1S/C13H13ClF3NO2/c1-7-6-20-9(4-14)5-18(7)13(19)12-10(16)2-8(15)3-11(12)17/h2-3,7,9H,4-6H2,1H3. The van der Waals surface area contributed by atoms with Gasteiger partial charge in [0, 0.05) is 18.7 Å². The molecule has 0 bridgehead atoms. The number of carbonyl (C=O) groups excluding carboxylic acids is 1. The second kappa shape index (κ2) is 6.01. The third-order valence-corrected chi connectivity index (χ3v) is 3.50. The average Bonchev–Trinajstić information content (AvgIpc) is 2.37. The predicted octanol–water partition coefficient (Wildman–Crippen LogP) is 2.57. The lowest BCUT2D eigenvalue weighted by atomic mass is 10.1. The first kappa shape index (κ1) is 15.1. The minimum Gasteiger partial charge on any atom is -0.373 e. The van der Waals surface area contributed by atoms with E-state index in [1.165, 1.54) is 4.90 Å². The molecule has 1 aliphatic heterocycles. The molecule has 1 aromatic carbocycles. The highest BCUT2D eigenvalue weighted by molar-refractivity contribution is 6.18. The van der Waals surface area contributed by atoms with Crippen LogP contribution in [0.25, 0.3) is 0 Å². The van der Waals surface area contributed by atoms with Gasteiger partial charge >= 0.3 is 0 Å². The molecule has 0 saturated carbocycles. The molecule has 7 heteroatoms. The summed E-state index contributed by atoms with van der Waals surface area (Å²) in [6.45, 7) is 2.06. The Hall–Kier alpha value is -1.27. The largest absolute Gasteiger partial charge is 0.373 e.